The minimum Gasteiger partial charge on any atom is -0.378 e. The highest BCUT2D eigenvalue weighted by molar-refractivity contribution is 5.80. The Morgan fingerprint density at radius 1 is 1.16 bits per heavy atom. The van der Waals surface area contributed by atoms with Crippen molar-refractivity contribution in [1.29, 1.82) is 0 Å². The van der Waals surface area contributed by atoms with Crippen molar-refractivity contribution >= 4 is 28.4 Å². The summed E-state index contributed by atoms with van der Waals surface area (Å²) in [6.07, 6.45) is 1.67. The molecule has 2 heterocycles. The Labute approximate surface area is 188 Å². The van der Waals surface area contributed by atoms with Crippen LogP contribution >= 0.6 is 0 Å². The van der Waals surface area contributed by atoms with Crippen molar-refractivity contribution in [2.45, 2.75) is 32.9 Å². The maximum atomic E-state index is 13.1. The van der Waals surface area contributed by atoms with Gasteiger partial charge in [-0.1, -0.05) is 24.3 Å². The summed E-state index contributed by atoms with van der Waals surface area (Å²) in [4.78, 5) is 34.7. The third-order valence-electron chi connectivity index (χ3n) is 6.16. The third-order valence-corrected chi connectivity index (χ3v) is 6.16. The molecule has 2 aromatic carbocycles. The molecule has 168 valence electrons. The second kappa shape index (κ2) is 9.42. The zero-order valence-electron chi connectivity index (χ0n) is 19.0. The van der Waals surface area contributed by atoms with Gasteiger partial charge in [0.25, 0.3) is 5.56 Å². The minimum atomic E-state index is -0.160. The summed E-state index contributed by atoms with van der Waals surface area (Å²) < 4.78 is 1.76. The number of nitrogens with one attached hydrogen (secondary N) is 1. The molecule has 1 saturated heterocycles. The SMILES string of the molecule is CCn1c(=O)c(N2CCCC(C(=O)NCc3ccc(N(C)C)cc3)C2)nc2ccccc21. The molecule has 3 aromatic rings. The normalized spacial score (nSPS) is 16.2. The molecular weight excluding hydrogens is 402 g/mol. The number of carbonyl (C=O) groups is 1. The summed E-state index contributed by atoms with van der Waals surface area (Å²) in [5.74, 6) is 0.317. The molecule has 1 atom stereocenters. The average Bonchev–Trinajstić information content (AvgIpc) is 2.82. The van der Waals surface area contributed by atoms with Crippen molar-refractivity contribution in [2.24, 2.45) is 5.92 Å². The van der Waals surface area contributed by atoms with Crippen LogP contribution in [0.1, 0.15) is 25.3 Å². The number of rotatable bonds is 6. The fourth-order valence-corrected chi connectivity index (χ4v) is 4.33. The van der Waals surface area contributed by atoms with E-state index in [0.29, 0.717) is 25.5 Å². The standard InChI is InChI=1S/C25H31N5O2/c1-4-30-22-10-6-5-9-21(22)27-23(25(30)32)29-15-7-8-19(17-29)24(31)26-16-18-11-13-20(14-12-18)28(2)3/h5-6,9-14,19H,4,7-8,15-17H2,1-3H3,(H,26,31). The fourth-order valence-electron chi connectivity index (χ4n) is 4.33. The molecule has 0 radical (unpaired) electrons. The predicted octanol–water partition coefficient (Wildman–Crippen LogP) is 3.02. The van der Waals surface area contributed by atoms with E-state index in [1.54, 1.807) is 4.57 Å². The molecular formula is C25H31N5O2. The number of carbonyl (C=O) groups excluding carboxylic acids is 1. The number of anilines is 2. The topological polar surface area (TPSA) is 70.5 Å². The van der Waals surface area contributed by atoms with Gasteiger partial charge in [-0.05, 0) is 49.6 Å². The number of para-hydroxylation sites is 2. The van der Waals surface area contributed by atoms with Crippen LogP contribution in [0.4, 0.5) is 11.5 Å². The van der Waals surface area contributed by atoms with Gasteiger partial charge >= 0.3 is 0 Å². The van der Waals surface area contributed by atoms with E-state index < -0.39 is 0 Å². The van der Waals surface area contributed by atoms with Crippen LogP contribution in [0.3, 0.4) is 0 Å². The Bertz CT molecular complexity index is 1150. The first kappa shape index (κ1) is 21.9. The molecule has 32 heavy (non-hydrogen) atoms. The Morgan fingerprint density at radius 3 is 2.62 bits per heavy atom. The number of amides is 1. The third kappa shape index (κ3) is 4.47. The van der Waals surface area contributed by atoms with E-state index in [-0.39, 0.29) is 17.4 Å². The fraction of sp³-hybridized carbons (Fsp3) is 0.400. The molecule has 0 saturated carbocycles. The molecule has 1 unspecified atom stereocenters. The number of piperidine rings is 1. The highest BCUT2D eigenvalue weighted by atomic mass is 16.2. The lowest BCUT2D eigenvalue weighted by Gasteiger charge is -2.32. The highest BCUT2D eigenvalue weighted by Gasteiger charge is 2.28. The van der Waals surface area contributed by atoms with Gasteiger partial charge in [-0.2, -0.15) is 0 Å². The lowest BCUT2D eigenvalue weighted by Crippen LogP contribution is -2.45. The number of fused-ring (bicyclic) bond motifs is 1. The predicted molar refractivity (Wildman–Crippen MR) is 129 cm³/mol. The van der Waals surface area contributed by atoms with E-state index in [4.69, 9.17) is 0 Å². The first-order valence-electron chi connectivity index (χ1n) is 11.3. The van der Waals surface area contributed by atoms with Crippen molar-refractivity contribution in [3.8, 4) is 0 Å². The van der Waals surface area contributed by atoms with Gasteiger partial charge in [-0.15, -0.1) is 0 Å². The van der Waals surface area contributed by atoms with Gasteiger partial charge in [0.1, 0.15) is 0 Å². The lowest BCUT2D eigenvalue weighted by atomic mass is 9.97. The Kier molecular flexibility index (Phi) is 6.44. The van der Waals surface area contributed by atoms with Crippen LogP contribution in [0.5, 0.6) is 0 Å². The number of aryl methyl sites for hydroxylation is 1. The van der Waals surface area contributed by atoms with Gasteiger partial charge in [0.15, 0.2) is 5.82 Å². The van der Waals surface area contributed by atoms with Gasteiger partial charge in [0, 0.05) is 46.0 Å². The van der Waals surface area contributed by atoms with Crippen LogP contribution in [-0.4, -0.2) is 42.6 Å². The van der Waals surface area contributed by atoms with Crippen LogP contribution in [0.2, 0.25) is 0 Å². The molecule has 0 bridgehead atoms. The minimum absolute atomic E-state index is 0.0305. The summed E-state index contributed by atoms with van der Waals surface area (Å²) in [7, 11) is 4.01. The van der Waals surface area contributed by atoms with Crippen molar-refractivity contribution in [3.05, 3.63) is 64.4 Å². The largest absolute Gasteiger partial charge is 0.378 e. The van der Waals surface area contributed by atoms with Crippen LogP contribution < -0.4 is 20.7 Å². The van der Waals surface area contributed by atoms with E-state index in [1.165, 1.54) is 0 Å². The van der Waals surface area contributed by atoms with E-state index in [2.05, 4.69) is 10.3 Å². The zero-order chi connectivity index (χ0) is 22.7. The number of aromatic nitrogens is 2. The molecule has 1 fully saturated rings. The summed E-state index contributed by atoms with van der Waals surface area (Å²) in [6.45, 7) is 4.30. The highest BCUT2D eigenvalue weighted by Crippen LogP contribution is 2.22. The van der Waals surface area contributed by atoms with E-state index in [0.717, 1.165) is 41.7 Å². The monoisotopic (exact) mass is 433 g/mol. The molecule has 7 heteroatoms. The van der Waals surface area contributed by atoms with Crippen molar-refractivity contribution in [2.75, 3.05) is 37.0 Å². The van der Waals surface area contributed by atoms with Crippen LogP contribution in [0.25, 0.3) is 11.0 Å². The van der Waals surface area contributed by atoms with Crippen LogP contribution in [0.15, 0.2) is 53.3 Å². The first-order valence-corrected chi connectivity index (χ1v) is 11.3. The van der Waals surface area contributed by atoms with Gasteiger partial charge in [-0.25, -0.2) is 4.98 Å². The molecule has 4 rings (SSSR count). The summed E-state index contributed by atoms with van der Waals surface area (Å²) >= 11 is 0. The van der Waals surface area contributed by atoms with E-state index in [1.807, 2.05) is 79.3 Å². The Balaban J connectivity index is 1.47. The van der Waals surface area contributed by atoms with Crippen molar-refractivity contribution in [3.63, 3.8) is 0 Å². The van der Waals surface area contributed by atoms with Crippen molar-refractivity contribution < 1.29 is 4.79 Å². The maximum absolute atomic E-state index is 13.1. The zero-order valence-corrected chi connectivity index (χ0v) is 19.0. The summed E-state index contributed by atoms with van der Waals surface area (Å²) in [5.41, 5.74) is 3.75. The second-order valence-corrected chi connectivity index (χ2v) is 8.54. The number of benzene rings is 2. The van der Waals surface area contributed by atoms with E-state index >= 15 is 0 Å². The molecule has 1 N–H and O–H groups in total. The Morgan fingerprint density at radius 2 is 1.91 bits per heavy atom. The second-order valence-electron chi connectivity index (χ2n) is 8.54. The molecule has 1 aliphatic heterocycles. The number of hydrogen-bond donors (Lipinski definition) is 1. The first-order chi connectivity index (χ1) is 15.5. The number of nitrogens with zero attached hydrogens (tertiary/aromatic N) is 4. The Hall–Kier alpha value is -3.35. The molecule has 1 aliphatic rings. The maximum Gasteiger partial charge on any atom is 0.293 e. The van der Waals surface area contributed by atoms with E-state index in [9.17, 15) is 9.59 Å². The number of hydrogen-bond acceptors (Lipinski definition) is 5. The van der Waals surface area contributed by atoms with Gasteiger partial charge in [0.05, 0.1) is 17.0 Å². The molecule has 1 amide bonds. The summed E-state index contributed by atoms with van der Waals surface area (Å²) in [5, 5.41) is 3.07. The molecule has 1 aromatic heterocycles. The lowest BCUT2D eigenvalue weighted by molar-refractivity contribution is -0.125. The van der Waals surface area contributed by atoms with Crippen LogP contribution in [0, 0.1) is 5.92 Å². The quantitative estimate of drug-likeness (QED) is 0.647. The van der Waals surface area contributed by atoms with Gasteiger partial charge in [-0.3, -0.25) is 9.59 Å². The molecule has 0 spiro atoms. The van der Waals surface area contributed by atoms with Gasteiger partial charge in [0.2, 0.25) is 5.91 Å². The summed E-state index contributed by atoms with van der Waals surface area (Å²) in [6, 6.07) is 15.9. The van der Waals surface area contributed by atoms with Crippen LogP contribution in [-0.2, 0) is 17.9 Å². The van der Waals surface area contributed by atoms with Gasteiger partial charge < -0.3 is 19.7 Å². The average molecular weight is 434 g/mol. The molecule has 0 aliphatic carbocycles. The molecule has 7 nitrogen and oxygen atoms in total. The van der Waals surface area contributed by atoms with Crippen molar-refractivity contribution in [1.82, 2.24) is 14.9 Å². The smallest absolute Gasteiger partial charge is 0.293 e.